The summed E-state index contributed by atoms with van der Waals surface area (Å²) in [6, 6.07) is 0. The Hall–Kier alpha value is -0.400. The Morgan fingerprint density at radius 3 is 2.80 bits per heavy atom. The lowest BCUT2D eigenvalue weighted by atomic mass is 9.85. The predicted octanol–water partition coefficient (Wildman–Crippen LogP) is 2.10. The van der Waals surface area contributed by atoms with Crippen LogP contribution in [0, 0.1) is 5.92 Å². The van der Waals surface area contributed by atoms with Crippen LogP contribution in [0.4, 0.5) is 4.39 Å². The second kappa shape index (κ2) is 3.13. The molecule has 1 aliphatic rings. The molecule has 0 amide bonds. The number of alkyl halides is 1. The summed E-state index contributed by atoms with van der Waals surface area (Å²) < 4.78 is 12.7. The maximum atomic E-state index is 12.7. The van der Waals surface area contributed by atoms with E-state index >= 15 is 0 Å². The van der Waals surface area contributed by atoms with E-state index in [1.54, 1.807) is 0 Å². The number of hydrogen-bond acceptors (Lipinski definition) is 1. The Morgan fingerprint density at radius 1 is 1.60 bits per heavy atom. The number of ketones is 1. The topological polar surface area (TPSA) is 17.1 Å². The molecule has 0 spiro atoms. The van der Waals surface area contributed by atoms with E-state index in [4.69, 9.17) is 0 Å². The lowest BCUT2D eigenvalue weighted by Gasteiger charge is -2.21. The maximum Gasteiger partial charge on any atom is 0.169 e. The molecule has 1 saturated carbocycles. The number of carbonyl (C=O) groups is 1. The third kappa shape index (κ3) is 1.36. The first-order valence-corrected chi connectivity index (χ1v) is 3.93. The molecule has 1 fully saturated rings. The monoisotopic (exact) mass is 144 g/mol. The van der Waals surface area contributed by atoms with Gasteiger partial charge in [0, 0.05) is 5.92 Å². The van der Waals surface area contributed by atoms with E-state index in [1.807, 2.05) is 6.92 Å². The SMILES string of the molecule is CC[C@H]1CCC[C@H](F)C1=O. The summed E-state index contributed by atoms with van der Waals surface area (Å²) >= 11 is 0. The van der Waals surface area contributed by atoms with Gasteiger partial charge in [-0.25, -0.2) is 4.39 Å². The van der Waals surface area contributed by atoms with Gasteiger partial charge in [-0.1, -0.05) is 6.92 Å². The van der Waals surface area contributed by atoms with E-state index in [0.717, 1.165) is 19.3 Å². The molecule has 0 aliphatic heterocycles. The van der Waals surface area contributed by atoms with Gasteiger partial charge in [-0.05, 0) is 25.7 Å². The lowest BCUT2D eigenvalue weighted by Crippen LogP contribution is -2.28. The summed E-state index contributed by atoms with van der Waals surface area (Å²) in [5.74, 6) is -0.141. The highest BCUT2D eigenvalue weighted by molar-refractivity contribution is 5.85. The maximum absolute atomic E-state index is 12.7. The second-order valence-corrected chi connectivity index (χ2v) is 2.91. The van der Waals surface area contributed by atoms with Gasteiger partial charge in [-0.15, -0.1) is 0 Å². The molecular formula is C8H13FO. The van der Waals surface area contributed by atoms with Crippen molar-refractivity contribution in [2.45, 2.75) is 38.8 Å². The highest BCUT2D eigenvalue weighted by Crippen LogP contribution is 2.24. The summed E-state index contributed by atoms with van der Waals surface area (Å²) in [6.45, 7) is 1.95. The third-order valence-corrected chi connectivity index (χ3v) is 2.21. The molecule has 2 atom stereocenters. The first-order valence-electron chi connectivity index (χ1n) is 3.93. The zero-order valence-electron chi connectivity index (χ0n) is 6.27. The van der Waals surface area contributed by atoms with E-state index in [9.17, 15) is 9.18 Å². The van der Waals surface area contributed by atoms with Crippen LogP contribution in [0.25, 0.3) is 0 Å². The highest BCUT2D eigenvalue weighted by Gasteiger charge is 2.29. The number of carbonyl (C=O) groups excluding carboxylic acids is 1. The van der Waals surface area contributed by atoms with Crippen LogP contribution in [0.5, 0.6) is 0 Å². The van der Waals surface area contributed by atoms with E-state index in [1.165, 1.54) is 0 Å². The number of Topliss-reactive ketones (excluding diaryl/α,β-unsaturated/α-hetero) is 1. The predicted molar refractivity (Wildman–Crippen MR) is 37.5 cm³/mol. The Balaban J connectivity index is 2.51. The normalized spacial score (nSPS) is 34.4. The molecule has 0 aromatic carbocycles. The molecular weight excluding hydrogens is 131 g/mol. The van der Waals surface area contributed by atoms with Crippen LogP contribution in [-0.2, 0) is 4.79 Å². The number of halogens is 1. The van der Waals surface area contributed by atoms with Gasteiger partial charge in [0.2, 0.25) is 0 Å². The van der Waals surface area contributed by atoms with Crippen LogP contribution in [-0.4, -0.2) is 12.0 Å². The molecule has 0 aromatic rings. The Kier molecular flexibility index (Phi) is 2.41. The average Bonchev–Trinajstić information content (AvgIpc) is 1.95. The third-order valence-electron chi connectivity index (χ3n) is 2.21. The van der Waals surface area contributed by atoms with Crippen LogP contribution < -0.4 is 0 Å². The van der Waals surface area contributed by atoms with Crippen molar-refractivity contribution in [1.82, 2.24) is 0 Å². The van der Waals surface area contributed by atoms with Gasteiger partial charge in [-0.3, -0.25) is 4.79 Å². The molecule has 0 aromatic heterocycles. The molecule has 1 rings (SSSR count). The fraction of sp³-hybridized carbons (Fsp3) is 0.875. The second-order valence-electron chi connectivity index (χ2n) is 2.91. The average molecular weight is 144 g/mol. The minimum absolute atomic E-state index is 0.0174. The van der Waals surface area contributed by atoms with Crippen molar-refractivity contribution in [3.8, 4) is 0 Å². The van der Waals surface area contributed by atoms with Crippen molar-refractivity contribution < 1.29 is 9.18 Å². The van der Waals surface area contributed by atoms with Gasteiger partial charge in [0.25, 0.3) is 0 Å². The van der Waals surface area contributed by atoms with E-state index < -0.39 is 6.17 Å². The lowest BCUT2D eigenvalue weighted by molar-refractivity contribution is -0.130. The molecule has 0 radical (unpaired) electrons. The Morgan fingerprint density at radius 2 is 2.30 bits per heavy atom. The quantitative estimate of drug-likeness (QED) is 0.550. The fourth-order valence-electron chi connectivity index (χ4n) is 1.49. The van der Waals surface area contributed by atoms with E-state index in [2.05, 4.69) is 0 Å². The summed E-state index contributed by atoms with van der Waals surface area (Å²) in [5, 5.41) is 0. The van der Waals surface area contributed by atoms with Crippen LogP contribution in [0.1, 0.15) is 32.6 Å². The molecule has 1 nitrogen and oxygen atoms in total. The molecule has 2 heteroatoms. The molecule has 0 unspecified atom stereocenters. The van der Waals surface area contributed by atoms with E-state index in [-0.39, 0.29) is 11.7 Å². The fourth-order valence-corrected chi connectivity index (χ4v) is 1.49. The van der Waals surface area contributed by atoms with E-state index in [0.29, 0.717) is 6.42 Å². The van der Waals surface area contributed by atoms with Gasteiger partial charge < -0.3 is 0 Å². The molecule has 0 saturated heterocycles. The van der Waals surface area contributed by atoms with Gasteiger partial charge in [-0.2, -0.15) is 0 Å². The number of rotatable bonds is 1. The standard InChI is InChI=1S/C8H13FO/c1-2-6-4-3-5-7(9)8(6)10/h6-7H,2-5H2,1H3/t6-,7-/m0/s1. The Bertz CT molecular complexity index is 133. The molecule has 10 heavy (non-hydrogen) atoms. The molecule has 58 valence electrons. The smallest absolute Gasteiger partial charge is 0.169 e. The van der Waals surface area contributed by atoms with Crippen molar-refractivity contribution in [3.63, 3.8) is 0 Å². The summed E-state index contributed by atoms with van der Waals surface area (Å²) in [7, 11) is 0. The molecule has 0 bridgehead atoms. The van der Waals surface area contributed by atoms with Gasteiger partial charge in [0.05, 0.1) is 0 Å². The van der Waals surface area contributed by atoms with Gasteiger partial charge >= 0.3 is 0 Å². The van der Waals surface area contributed by atoms with Gasteiger partial charge in [0.15, 0.2) is 12.0 Å². The van der Waals surface area contributed by atoms with Crippen molar-refractivity contribution in [2.75, 3.05) is 0 Å². The summed E-state index contributed by atoms with van der Waals surface area (Å²) in [4.78, 5) is 11.0. The highest BCUT2D eigenvalue weighted by atomic mass is 19.1. The van der Waals surface area contributed by atoms with Crippen LogP contribution in [0.15, 0.2) is 0 Å². The summed E-state index contributed by atoms with van der Waals surface area (Å²) in [6.07, 6.45) is 1.88. The first-order chi connectivity index (χ1) is 4.75. The largest absolute Gasteiger partial charge is 0.296 e. The van der Waals surface area contributed by atoms with Crippen LogP contribution in [0.3, 0.4) is 0 Å². The van der Waals surface area contributed by atoms with Crippen molar-refractivity contribution >= 4 is 5.78 Å². The zero-order valence-corrected chi connectivity index (χ0v) is 6.27. The van der Waals surface area contributed by atoms with Crippen molar-refractivity contribution in [3.05, 3.63) is 0 Å². The minimum atomic E-state index is -1.15. The first kappa shape index (κ1) is 7.70. The number of hydrogen-bond donors (Lipinski definition) is 0. The minimum Gasteiger partial charge on any atom is -0.296 e. The molecule has 0 N–H and O–H groups in total. The van der Waals surface area contributed by atoms with Crippen LogP contribution >= 0.6 is 0 Å². The van der Waals surface area contributed by atoms with Crippen LogP contribution in [0.2, 0.25) is 0 Å². The zero-order chi connectivity index (χ0) is 7.56. The molecule has 0 heterocycles. The van der Waals surface area contributed by atoms with Gasteiger partial charge in [0.1, 0.15) is 0 Å². The Labute approximate surface area is 60.6 Å². The van der Waals surface area contributed by atoms with Crippen molar-refractivity contribution in [1.29, 1.82) is 0 Å². The van der Waals surface area contributed by atoms with Crippen molar-refractivity contribution in [2.24, 2.45) is 5.92 Å². The molecule has 1 aliphatic carbocycles. The summed E-state index contributed by atoms with van der Waals surface area (Å²) in [5.41, 5.74) is 0.